The smallest absolute Gasteiger partial charge is 0.152 e. The molecule has 70 valence electrons. The molecule has 0 aliphatic heterocycles. The molecular weight excluding hydrogens is 183 g/mol. The molecule has 5 heteroatoms. The maximum Gasteiger partial charge on any atom is 0.152 e. The summed E-state index contributed by atoms with van der Waals surface area (Å²) < 4.78 is 37.9. The minimum atomic E-state index is -1.06. The van der Waals surface area contributed by atoms with Crippen LogP contribution in [0.1, 0.15) is 0 Å². The van der Waals surface area contributed by atoms with Gasteiger partial charge in [-0.1, -0.05) is 0 Å². The van der Waals surface area contributed by atoms with Crippen LogP contribution in [0.5, 0.6) is 0 Å². The molecular formula is C8H6F3NO. The molecule has 1 N–H and O–H groups in total. The highest BCUT2D eigenvalue weighted by Crippen LogP contribution is 2.19. The molecule has 0 radical (unpaired) electrons. The Balaban J connectivity index is 2.98. The largest absolute Gasteiger partial charge is 0.374 e. The van der Waals surface area contributed by atoms with Gasteiger partial charge in [0.1, 0.15) is 17.8 Å². The number of rotatable bonds is 3. The molecule has 0 amide bonds. The summed E-state index contributed by atoms with van der Waals surface area (Å²) in [6.45, 7) is -0.223. The molecule has 0 aliphatic carbocycles. The quantitative estimate of drug-likeness (QED) is 0.733. The Morgan fingerprint density at radius 2 is 1.77 bits per heavy atom. The molecule has 13 heavy (non-hydrogen) atoms. The van der Waals surface area contributed by atoms with Crippen molar-refractivity contribution in [3.8, 4) is 0 Å². The minimum absolute atomic E-state index is 0.223. The first kappa shape index (κ1) is 9.57. The van der Waals surface area contributed by atoms with Gasteiger partial charge in [-0.15, -0.1) is 0 Å². The van der Waals surface area contributed by atoms with Crippen LogP contribution in [0.4, 0.5) is 18.9 Å². The lowest BCUT2D eigenvalue weighted by Crippen LogP contribution is -2.06. The maximum absolute atomic E-state index is 12.8. The number of nitrogens with one attached hydrogen (secondary N) is 1. The van der Waals surface area contributed by atoms with Crippen molar-refractivity contribution >= 4 is 12.0 Å². The van der Waals surface area contributed by atoms with E-state index in [1.165, 1.54) is 0 Å². The van der Waals surface area contributed by atoms with Crippen LogP contribution in [-0.4, -0.2) is 12.8 Å². The second kappa shape index (κ2) is 3.93. The van der Waals surface area contributed by atoms with Gasteiger partial charge in [-0.25, -0.2) is 13.2 Å². The number of anilines is 1. The highest BCUT2D eigenvalue weighted by Gasteiger charge is 2.09. The minimum Gasteiger partial charge on any atom is -0.374 e. The fourth-order valence-corrected chi connectivity index (χ4v) is 0.855. The van der Waals surface area contributed by atoms with Crippen molar-refractivity contribution in [3.63, 3.8) is 0 Å². The molecule has 0 saturated heterocycles. The van der Waals surface area contributed by atoms with Gasteiger partial charge in [0.25, 0.3) is 0 Å². The first-order valence-electron chi connectivity index (χ1n) is 3.47. The lowest BCUT2D eigenvalue weighted by atomic mass is 10.3. The zero-order chi connectivity index (χ0) is 9.84. The summed E-state index contributed by atoms with van der Waals surface area (Å²) in [5, 5.41) is 2.17. The summed E-state index contributed by atoms with van der Waals surface area (Å²) >= 11 is 0. The van der Waals surface area contributed by atoms with E-state index in [1.807, 2.05) is 0 Å². The molecule has 0 bridgehead atoms. The predicted octanol–water partition coefficient (Wildman–Crippen LogP) is 1.71. The summed E-state index contributed by atoms with van der Waals surface area (Å²) in [7, 11) is 0. The van der Waals surface area contributed by atoms with Crippen LogP contribution < -0.4 is 5.32 Å². The van der Waals surface area contributed by atoms with Gasteiger partial charge < -0.3 is 10.1 Å². The van der Waals surface area contributed by atoms with Gasteiger partial charge in [-0.05, 0) is 0 Å². The van der Waals surface area contributed by atoms with Crippen LogP contribution in [0.25, 0.3) is 0 Å². The van der Waals surface area contributed by atoms with Crippen molar-refractivity contribution in [2.45, 2.75) is 0 Å². The molecule has 0 atom stereocenters. The summed E-state index contributed by atoms with van der Waals surface area (Å²) in [6.07, 6.45) is 0.447. The monoisotopic (exact) mass is 189 g/mol. The van der Waals surface area contributed by atoms with Crippen LogP contribution >= 0.6 is 0 Å². The van der Waals surface area contributed by atoms with Crippen molar-refractivity contribution in [2.75, 3.05) is 11.9 Å². The molecule has 0 heterocycles. The van der Waals surface area contributed by atoms with E-state index >= 15 is 0 Å². The molecule has 0 fully saturated rings. The van der Waals surface area contributed by atoms with Gasteiger partial charge in [0.05, 0.1) is 6.54 Å². The summed E-state index contributed by atoms with van der Waals surface area (Å²) in [5.41, 5.74) is -0.492. The van der Waals surface area contributed by atoms with E-state index in [9.17, 15) is 18.0 Å². The average Bonchev–Trinajstić information content (AvgIpc) is 2.02. The number of benzene rings is 1. The third-order valence-electron chi connectivity index (χ3n) is 1.37. The van der Waals surface area contributed by atoms with Gasteiger partial charge >= 0.3 is 0 Å². The zero-order valence-electron chi connectivity index (χ0n) is 6.48. The summed E-state index contributed by atoms with van der Waals surface area (Å²) in [4.78, 5) is 9.89. The lowest BCUT2D eigenvalue weighted by molar-refractivity contribution is -0.106. The Hall–Kier alpha value is -1.52. The van der Waals surface area contributed by atoms with Gasteiger partial charge in [0, 0.05) is 12.1 Å². The fraction of sp³-hybridized carbons (Fsp3) is 0.125. The number of carbonyl (C=O) groups excluding carboxylic acids is 1. The Labute approximate surface area is 72.4 Å². The predicted molar refractivity (Wildman–Crippen MR) is 40.9 cm³/mol. The van der Waals surface area contributed by atoms with E-state index < -0.39 is 23.1 Å². The number of carbonyl (C=O) groups is 1. The van der Waals surface area contributed by atoms with Gasteiger partial charge in [-0.3, -0.25) is 0 Å². The Bertz CT molecular complexity index is 304. The third-order valence-corrected chi connectivity index (χ3v) is 1.37. The van der Waals surface area contributed by atoms with E-state index in [1.54, 1.807) is 0 Å². The molecule has 0 spiro atoms. The van der Waals surface area contributed by atoms with Crippen molar-refractivity contribution < 1.29 is 18.0 Å². The van der Waals surface area contributed by atoms with Crippen LogP contribution in [0.2, 0.25) is 0 Å². The summed E-state index contributed by atoms with van der Waals surface area (Å²) in [5.74, 6) is -3.11. The van der Waals surface area contributed by atoms with Crippen molar-refractivity contribution in [2.24, 2.45) is 0 Å². The van der Waals surface area contributed by atoms with Crippen LogP contribution in [-0.2, 0) is 4.79 Å². The zero-order valence-corrected chi connectivity index (χ0v) is 6.48. The van der Waals surface area contributed by atoms with E-state index in [0.29, 0.717) is 18.4 Å². The molecule has 0 saturated carbocycles. The highest BCUT2D eigenvalue weighted by atomic mass is 19.1. The number of hydrogen-bond acceptors (Lipinski definition) is 2. The van der Waals surface area contributed by atoms with Gasteiger partial charge in [0.15, 0.2) is 11.6 Å². The Morgan fingerprint density at radius 3 is 2.23 bits per heavy atom. The van der Waals surface area contributed by atoms with E-state index in [2.05, 4.69) is 5.32 Å². The molecule has 0 unspecified atom stereocenters. The second-order valence-corrected chi connectivity index (χ2v) is 2.29. The molecule has 1 aromatic carbocycles. The van der Waals surface area contributed by atoms with Crippen LogP contribution in [0.3, 0.4) is 0 Å². The standard InChI is InChI=1S/C8H6F3NO/c9-5-3-6(10)8(7(11)4-5)12-1-2-13/h2-4,12H,1H2. The van der Waals surface area contributed by atoms with Crippen molar-refractivity contribution in [3.05, 3.63) is 29.6 Å². The normalized spacial score (nSPS) is 9.77. The topological polar surface area (TPSA) is 29.1 Å². The van der Waals surface area contributed by atoms with Crippen LogP contribution in [0.15, 0.2) is 12.1 Å². The Kier molecular flexibility index (Phi) is 2.89. The van der Waals surface area contributed by atoms with Gasteiger partial charge in [-0.2, -0.15) is 0 Å². The SMILES string of the molecule is O=CCNc1c(F)cc(F)cc1F. The number of aldehydes is 1. The average molecular weight is 189 g/mol. The summed E-state index contributed by atoms with van der Waals surface area (Å²) in [6, 6.07) is 1.08. The second-order valence-electron chi connectivity index (χ2n) is 2.29. The molecule has 1 aromatic rings. The first-order valence-corrected chi connectivity index (χ1v) is 3.47. The third kappa shape index (κ3) is 2.21. The van der Waals surface area contributed by atoms with E-state index in [-0.39, 0.29) is 6.54 Å². The molecule has 0 aromatic heterocycles. The maximum atomic E-state index is 12.8. The molecule has 1 rings (SSSR count). The van der Waals surface area contributed by atoms with E-state index in [0.717, 1.165) is 0 Å². The number of halogens is 3. The molecule has 2 nitrogen and oxygen atoms in total. The fourth-order valence-electron chi connectivity index (χ4n) is 0.855. The lowest BCUT2D eigenvalue weighted by Gasteiger charge is -2.04. The van der Waals surface area contributed by atoms with Crippen LogP contribution in [0, 0.1) is 17.5 Å². The van der Waals surface area contributed by atoms with Crippen molar-refractivity contribution in [1.29, 1.82) is 0 Å². The van der Waals surface area contributed by atoms with Crippen molar-refractivity contribution in [1.82, 2.24) is 0 Å². The first-order chi connectivity index (χ1) is 6.15. The van der Waals surface area contributed by atoms with Gasteiger partial charge in [0.2, 0.25) is 0 Å². The Morgan fingerprint density at radius 1 is 1.23 bits per heavy atom. The highest BCUT2D eigenvalue weighted by molar-refractivity contribution is 5.59. The number of hydrogen-bond donors (Lipinski definition) is 1. The van der Waals surface area contributed by atoms with E-state index in [4.69, 9.17) is 0 Å². The molecule has 0 aliphatic rings.